The SMILES string of the molecule is CC1CCCC(OC(=O)CCCC(=O)O)C1. The van der Waals surface area contributed by atoms with Gasteiger partial charge in [0.05, 0.1) is 0 Å². The topological polar surface area (TPSA) is 63.6 Å². The zero-order chi connectivity index (χ0) is 12.0. The van der Waals surface area contributed by atoms with Crippen LogP contribution in [0.15, 0.2) is 0 Å². The first-order valence-electron chi connectivity index (χ1n) is 5.99. The summed E-state index contributed by atoms with van der Waals surface area (Å²) in [6.07, 6.45) is 4.92. The summed E-state index contributed by atoms with van der Waals surface area (Å²) in [6, 6.07) is 0. The van der Waals surface area contributed by atoms with Crippen molar-refractivity contribution < 1.29 is 19.4 Å². The highest BCUT2D eigenvalue weighted by molar-refractivity contribution is 5.71. The van der Waals surface area contributed by atoms with Crippen molar-refractivity contribution in [3.8, 4) is 0 Å². The van der Waals surface area contributed by atoms with Crippen molar-refractivity contribution in [3.05, 3.63) is 0 Å². The van der Waals surface area contributed by atoms with Crippen LogP contribution in [-0.4, -0.2) is 23.1 Å². The molecule has 1 aliphatic carbocycles. The smallest absolute Gasteiger partial charge is 0.306 e. The highest BCUT2D eigenvalue weighted by Gasteiger charge is 2.21. The minimum atomic E-state index is -0.862. The fourth-order valence-corrected chi connectivity index (χ4v) is 2.11. The lowest BCUT2D eigenvalue weighted by atomic mass is 9.89. The molecule has 1 fully saturated rings. The van der Waals surface area contributed by atoms with Gasteiger partial charge >= 0.3 is 11.9 Å². The number of hydrogen-bond donors (Lipinski definition) is 1. The molecular weight excluding hydrogens is 208 g/mol. The molecule has 4 nitrogen and oxygen atoms in total. The number of carboxylic acid groups (broad SMARTS) is 1. The van der Waals surface area contributed by atoms with Crippen molar-refractivity contribution in [2.24, 2.45) is 5.92 Å². The van der Waals surface area contributed by atoms with Crippen LogP contribution in [0.2, 0.25) is 0 Å². The maximum absolute atomic E-state index is 11.4. The zero-order valence-corrected chi connectivity index (χ0v) is 9.78. The summed E-state index contributed by atoms with van der Waals surface area (Å²) >= 11 is 0. The monoisotopic (exact) mass is 228 g/mol. The van der Waals surface area contributed by atoms with Gasteiger partial charge in [0, 0.05) is 12.8 Å². The molecule has 1 rings (SSSR count). The van der Waals surface area contributed by atoms with Gasteiger partial charge in [0.1, 0.15) is 6.10 Å². The zero-order valence-electron chi connectivity index (χ0n) is 9.78. The molecule has 0 saturated heterocycles. The fourth-order valence-electron chi connectivity index (χ4n) is 2.11. The second-order valence-corrected chi connectivity index (χ2v) is 4.63. The standard InChI is InChI=1S/C12H20O4/c1-9-4-2-5-10(8-9)16-12(15)7-3-6-11(13)14/h9-10H,2-8H2,1H3,(H,13,14). The molecule has 1 saturated carbocycles. The number of rotatable bonds is 5. The van der Waals surface area contributed by atoms with E-state index in [1.165, 1.54) is 6.42 Å². The number of carbonyl (C=O) groups is 2. The third-order valence-electron chi connectivity index (χ3n) is 2.96. The van der Waals surface area contributed by atoms with E-state index < -0.39 is 5.97 Å². The summed E-state index contributed by atoms with van der Waals surface area (Å²) in [5.74, 6) is -0.481. The summed E-state index contributed by atoms with van der Waals surface area (Å²) < 4.78 is 5.31. The first-order chi connectivity index (χ1) is 7.58. The Kier molecular flexibility index (Phi) is 5.29. The van der Waals surface area contributed by atoms with E-state index in [4.69, 9.17) is 9.84 Å². The van der Waals surface area contributed by atoms with Crippen molar-refractivity contribution in [2.45, 2.75) is 58.0 Å². The third-order valence-corrected chi connectivity index (χ3v) is 2.96. The number of carboxylic acids is 1. The van der Waals surface area contributed by atoms with Crippen LogP contribution in [0, 0.1) is 5.92 Å². The molecule has 2 atom stereocenters. The Labute approximate surface area is 96.0 Å². The van der Waals surface area contributed by atoms with Crippen LogP contribution >= 0.6 is 0 Å². The maximum atomic E-state index is 11.4. The lowest BCUT2D eigenvalue weighted by molar-refractivity contribution is -0.151. The first kappa shape index (κ1) is 13.0. The third kappa shape index (κ3) is 5.14. The second-order valence-electron chi connectivity index (χ2n) is 4.63. The molecule has 92 valence electrons. The van der Waals surface area contributed by atoms with Gasteiger partial charge in [-0.05, 0) is 31.6 Å². The molecule has 16 heavy (non-hydrogen) atoms. The van der Waals surface area contributed by atoms with Gasteiger partial charge in [-0.15, -0.1) is 0 Å². The van der Waals surface area contributed by atoms with Crippen LogP contribution in [0.25, 0.3) is 0 Å². The number of esters is 1. The predicted molar refractivity (Wildman–Crippen MR) is 59.0 cm³/mol. The molecular formula is C12H20O4. The van der Waals surface area contributed by atoms with Gasteiger partial charge in [-0.1, -0.05) is 13.3 Å². The van der Waals surface area contributed by atoms with Crippen LogP contribution < -0.4 is 0 Å². The average molecular weight is 228 g/mol. The Morgan fingerprint density at radius 1 is 1.31 bits per heavy atom. The highest BCUT2D eigenvalue weighted by Crippen LogP contribution is 2.26. The Hall–Kier alpha value is -1.06. The molecule has 0 aromatic heterocycles. The lowest BCUT2D eigenvalue weighted by Crippen LogP contribution is -2.24. The second kappa shape index (κ2) is 6.51. The molecule has 0 aromatic rings. The van der Waals surface area contributed by atoms with E-state index in [0.717, 1.165) is 19.3 Å². The number of ether oxygens (including phenoxy) is 1. The van der Waals surface area contributed by atoms with Crippen LogP contribution in [0.5, 0.6) is 0 Å². The van der Waals surface area contributed by atoms with Crippen molar-refractivity contribution in [3.63, 3.8) is 0 Å². The molecule has 0 spiro atoms. The normalized spacial score (nSPS) is 25.1. The summed E-state index contributed by atoms with van der Waals surface area (Å²) in [5.41, 5.74) is 0. The average Bonchev–Trinajstić information content (AvgIpc) is 2.16. The first-order valence-corrected chi connectivity index (χ1v) is 5.99. The molecule has 0 aliphatic heterocycles. The molecule has 2 unspecified atom stereocenters. The molecule has 0 radical (unpaired) electrons. The van der Waals surface area contributed by atoms with Crippen LogP contribution in [0.3, 0.4) is 0 Å². The van der Waals surface area contributed by atoms with E-state index in [1.807, 2.05) is 0 Å². The number of aliphatic carboxylic acids is 1. The molecule has 0 amide bonds. The van der Waals surface area contributed by atoms with Crippen molar-refractivity contribution in [1.29, 1.82) is 0 Å². The van der Waals surface area contributed by atoms with Gasteiger partial charge in [-0.3, -0.25) is 9.59 Å². The van der Waals surface area contributed by atoms with Gasteiger partial charge < -0.3 is 9.84 Å². The van der Waals surface area contributed by atoms with Crippen molar-refractivity contribution in [2.75, 3.05) is 0 Å². The van der Waals surface area contributed by atoms with Gasteiger partial charge in [0.2, 0.25) is 0 Å². The Bertz CT molecular complexity index is 249. The highest BCUT2D eigenvalue weighted by atomic mass is 16.5. The van der Waals surface area contributed by atoms with Gasteiger partial charge in [-0.2, -0.15) is 0 Å². The van der Waals surface area contributed by atoms with Crippen LogP contribution in [-0.2, 0) is 14.3 Å². The lowest BCUT2D eigenvalue weighted by Gasteiger charge is -2.26. The minimum absolute atomic E-state index is 0.0379. The molecule has 1 aliphatic rings. The molecule has 0 aromatic carbocycles. The largest absolute Gasteiger partial charge is 0.481 e. The summed E-state index contributed by atoms with van der Waals surface area (Å²) in [7, 11) is 0. The molecule has 4 heteroatoms. The Balaban J connectivity index is 2.15. The summed E-state index contributed by atoms with van der Waals surface area (Å²) in [5, 5.41) is 8.43. The summed E-state index contributed by atoms with van der Waals surface area (Å²) in [4.78, 5) is 21.6. The molecule has 0 heterocycles. The maximum Gasteiger partial charge on any atom is 0.306 e. The van der Waals surface area contributed by atoms with Gasteiger partial charge in [-0.25, -0.2) is 0 Å². The van der Waals surface area contributed by atoms with Crippen LogP contribution in [0.4, 0.5) is 0 Å². The van der Waals surface area contributed by atoms with Gasteiger partial charge in [0.15, 0.2) is 0 Å². The van der Waals surface area contributed by atoms with E-state index in [2.05, 4.69) is 6.92 Å². The van der Waals surface area contributed by atoms with Crippen molar-refractivity contribution >= 4 is 11.9 Å². The van der Waals surface area contributed by atoms with E-state index in [1.54, 1.807) is 0 Å². The number of hydrogen-bond acceptors (Lipinski definition) is 3. The molecule has 0 bridgehead atoms. The summed E-state index contributed by atoms with van der Waals surface area (Å²) in [6.45, 7) is 2.17. The Morgan fingerprint density at radius 3 is 2.69 bits per heavy atom. The molecule has 1 N–H and O–H groups in total. The van der Waals surface area contributed by atoms with E-state index in [0.29, 0.717) is 12.3 Å². The number of carbonyl (C=O) groups excluding carboxylic acids is 1. The van der Waals surface area contributed by atoms with E-state index in [9.17, 15) is 9.59 Å². The van der Waals surface area contributed by atoms with Gasteiger partial charge in [0.25, 0.3) is 0 Å². The van der Waals surface area contributed by atoms with Crippen LogP contribution in [0.1, 0.15) is 51.9 Å². The van der Waals surface area contributed by atoms with E-state index >= 15 is 0 Å². The quantitative estimate of drug-likeness (QED) is 0.734. The fraction of sp³-hybridized carbons (Fsp3) is 0.833. The van der Waals surface area contributed by atoms with E-state index in [-0.39, 0.29) is 24.9 Å². The predicted octanol–water partition coefficient (Wildman–Crippen LogP) is 2.36. The minimum Gasteiger partial charge on any atom is -0.481 e. The Morgan fingerprint density at radius 2 is 2.06 bits per heavy atom. The van der Waals surface area contributed by atoms with Crippen molar-refractivity contribution in [1.82, 2.24) is 0 Å².